The molecule has 0 spiro atoms. The number of aliphatic hydroxyl groups is 2. The van der Waals surface area contributed by atoms with Gasteiger partial charge in [-0.1, -0.05) is 6.08 Å². The highest BCUT2D eigenvalue weighted by molar-refractivity contribution is 4.89. The van der Waals surface area contributed by atoms with E-state index in [1.165, 1.54) is 0 Å². The van der Waals surface area contributed by atoms with Crippen molar-refractivity contribution in [1.29, 1.82) is 0 Å². The van der Waals surface area contributed by atoms with E-state index in [4.69, 9.17) is 14.9 Å². The van der Waals surface area contributed by atoms with Gasteiger partial charge in [-0.05, 0) is 13.8 Å². The number of ether oxygens (including phenoxy) is 1. The molecule has 0 aromatic heterocycles. The maximum Gasteiger partial charge on any atom is 0.100 e. The van der Waals surface area contributed by atoms with Gasteiger partial charge in [0.05, 0.1) is 18.8 Å². The number of aliphatic hydroxyl groups excluding tert-OH is 2. The van der Waals surface area contributed by atoms with Gasteiger partial charge >= 0.3 is 0 Å². The van der Waals surface area contributed by atoms with Crippen molar-refractivity contribution in [3.63, 3.8) is 0 Å². The molecule has 1 atom stereocenters. The lowest BCUT2D eigenvalue weighted by atomic mass is 10.1. The molecule has 2 N–H and O–H groups in total. The molecule has 0 bridgehead atoms. The van der Waals surface area contributed by atoms with Gasteiger partial charge in [-0.3, -0.25) is 0 Å². The Hall–Kier alpha value is -0.380. The Kier molecular flexibility index (Phi) is 4.33. The fourth-order valence-corrected chi connectivity index (χ4v) is 0.423. The molecule has 0 aromatic rings. The lowest BCUT2D eigenvalue weighted by Gasteiger charge is -2.22. The monoisotopic (exact) mass is 160 g/mol. The van der Waals surface area contributed by atoms with Crippen LogP contribution >= 0.6 is 0 Å². The zero-order chi connectivity index (χ0) is 8.91. The van der Waals surface area contributed by atoms with E-state index in [0.29, 0.717) is 0 Å². The normalized spacial score (nSPS) is 14.5. The minimum Gasteiger partial charge on any atom is -0.394 e. The molecule has 0 saturated heterocycles. The summed E-state index contributed by atoms with van der Waals surface area (Å²) >= 11 is 0. The molecule has 0 amide bonds. The molecule has 0 aliphatic carbocycles. The smallest absolute Gasteiger partial charge is 0.100 e. The van der Waals surface area contributed by atoms with Gasteiger partial charge in [-0.2, -0.15) is 0 Å². The highest BCUT2D eigenvalue weighted by atomic mass is 16.5. The fraction of sp³-hybridized carbons (Fsp3) is 0.750. The average Bonchev–Trinajstić information content (AvgIpc) is 2.00. The van der Waals surface area contributed by atoms with E-state index < -0.39 is 11.7 Å². The summed E-state index contributed by atoms with van der Waals surface area (Å²) in [5, 5.41) is 17.4. The van der Waals surface area contributed by atoms with Crippen molar-refractivity contribution >= 4 is 0 Å². The van der Waals surface area contributed by atoms with Crippen LogP contribution in [0.4, 0.5) is 0 Å². The van der Waals surface area contributed by atoms with Crippen molar-refractivity contribution in [3.05, 3.63) is 12.7 Å². The molecular weight excluding hydrogens is 144 g/mol. The summed E-state index contributed by atoms with van der Waals surface area (Å²) in [5.74, 6) is 0. The van der Waals surface area contributed by atoms with E-state index in [1.807, 2.05) is 13.8 Å². The highest BCUT2D eigenvalue weighted by Crippen LogP contribution is 2.09. The highest BCUT2D eigenvalue weighted by Gasteiger charge is 2.14. The summed E-state index contributed by atoms with van der Waals surface area (Å²) in [6.45, 7) is 7.11. The first-order valence-electron chi connectivity index (χ1n) is 3.58. The van der Waals surface area contributed by atoms with E-state index >= 15 is 0 Å². The third-order valence-electron chi connectivity index (χ3n) is 1.35. The third kappa shape index (κ3) is 4.95. The van der Waals surface area contributed by atoms with Crippen LogP contribution in [0.1, 0.15) is 13.8 Å². The molecule has 0 fully saturated rings. The van der Waals surface area contributed by atoms with Crippen LogP contribution in [-0.2, 0) is 4.74 Å². The molecule has 1 unspecified atom stereocenters. The van der Waals surface area contributed by atoms with Crippen LogP contribution in [0.15, 0.2) is 12.7 Å². The molecule has 0 aliphatic rings. The van der Waals surface area contributed by atoms with Crippen LogP contribution in [0, 0.1) is 0 Å². The van der Waals surface area contributed by atoms with Gasteiger partial charge in [0.15, 0.2) is 0 Å². The summed E-state index contributed by atoms with van der Waals surface area (Å²) in [7, 11) is 0. The SMILES string of the molecule is C=CC(C)(C)OCC(O)CO. The summed E-state index contributed by atoms with van der Waals surface area (Å²) in [5.41, 5.74) is -0.434. The molecule has 0 aliphatic heterocycles. The summed E-state index contributed by atoms with van der Waals surface area (Å²) < 4.78 is 5.20. The molecule has 0 saturated carbocycles. The first-order valence-corrected chi connectivity index (χ1v) is 3.58. The Morgan fingerprint density at radius 3 is 2.55 bits per heavy atom. The molecule has 0 aromatic carbocycles. The summed E-state index contributed by atoms with van der Waals surface area (Å²) in [4.78, 5) is 0. The Morgan fingerprint density at radius 2 is 2.18 bits per heavy atom. The lowest BCUT2D eigenvalue weighted by molar-refractivity contribution is -0.0477. The van der Waals surface area contributed by atoms with Gasteiger partial charge in [0.2, 0.25) is 0 Å². The van der Waals surface area contributed by atoms with Gasteiger partial charge in [0.25, 0.3) is 0 Å². The first kappa shape index (κ1) is 10.6. The standard InChI is InChI=1S/C8H16O3/c1-4-8(2,3)11-6-7(10)5-9/h4,7,9-10H,1,5-6H2,2-3H3. The molecular formula is C8H16O3. The fourth-order valence-electron chi connectivity index (χ4n) is 0.423. The maximum atomic E-state index is 8.91. The average molecular weight is 160 g/mol. The third-order valence-corrected chi connectivity index (χ3v) is 1.35. The number of rotatable bonds is 5. The lowest BCUT2D eigenvalue weighted by Crippen LogP contribution is -2.28. The molecule has 0 heterocycles. The van der Waals surface area contributed by atoms with E-state index in [9.17, 15) is 0 Å². The van der Waals surface area contributed by atoms with Crippen LogP contribution in [-0.4, -0.2) is 35.1 Å². The molecule has 3 nitrogen and oxygen atoms in total. The van der Waals surface area contributed by atoms with Crippen LogP contribution in [0.25, 0.3) is 0 Å². The van der Waals surface area contributed by atoms with E-state index in [2.05, 4.69) is 6.58 Å². The first-order chi connectivity index (χ1) is 5.02. The minimum absolute atomic E-state index is 0.134. The second-order valence-corrected chi connectivity index (χ2v) is 2.95. The van der Waals surface area contributed by atoms with Gasteiger partial charge in [0.1, 0.15) is 6.10 Å². The van der Waals surface area contributed by atoms with Crippen molar-refractivity contribution in [2.75, 3.05) is 13.2 Å². The van der Waals surface area contributed by atoms with Crippen molar-refractivity contribution in [2.45, 2.75) is 25.6 Å². The van der Waals surface area contributed by atoms with Crippen LogP contribution in [0.2, 0.25) is 0 Å². The molecule has 0 rings (SSSR count). The van der Waals surface area contributed by atoms with E-state index in [-0.39, 0.29) is 13.2 Å². The number of hydrogen-bond acceptors (Lipinski definition) is 3. The van der Waals surface area contributed by atoms with Crippen molar-refractivity contribution in [3.8, 4) is 0 Å². The van der Waals surface area contributed by atoms with Crippen molar-refractivity contribution in [2.24, 2.45) is 0 Å². The minimum atomic E-state index is -0.797. The van der Waals surface area contributed by atoms with Gasteiger partial charge in [0, 0.05) is 0 Å². The molecule has 0 radical (unpaired) electrons. The Balaban J connectivity index is 3.60. The van der Waals surface area contributed by atoms with E-state index in [1.54, 1.807) is 6.08 Å². The second-order valence-electron chi connectivity index (χ2n) is 2.95. The zero-order valence-electron chi connectivity index (χ0n) is 7.08. The second kappa shape index (κ2) is 4.49. The Labute approximate surface area is 67.3 Å². The zero-order valence-corrected chi connectivity index (χ0v) is 7.08. The molecule has 11 heavy (non-hydrogen) atoms. The number of hydrogen-bond donors (Lipinski definition) is 2. The maximum absolute atomic E-state index is 8.91. The Bertz CT molecular complexity index is 121. The van der Waals surface area contributed by atoms with Crippen LogP contribution in [0.5, 0.6) is 0 Å². The predicted molar refractivity (Wildman–Crippen MR) is 43.3 cm³/mol. The molecule has 3 heteroatoms. The summed E-state index contributed by atoms with van der Waals surface area (Å²) in [6.07, 6.45) is 0.853. The topological polar surface area (TPSA) is 49.7 Å². The van der Waals surface area contributed by atoms with Crippen LogP contribution in [0.3, 0.4) is 0 Å². The Morgan fingerprint density at radius 1 is 1.64 bits per heavy atom. The van der Waals surface area contributed by atoms with Crippen molar-refractivity contribution < 1.29 is 14.9 Å². The largest absolute Gasteiger partial charge is 0.394 e. The quantitative estimate of drug-likeness (QED) is 0.569. The van der Waals surface area contributed by atoms with Crippen molar-refractivity contribution in [1.82, 2.24) is 0 Å². The molecule has 66 valence electrons. The summed E-state index contributed by atoms with van der Waals surface area (Å²) in [6, 6.07) is 0. The van der Waals surface area contributed by atoms with Gasteiger partial charge < -0.3 is 14.9 Å². The van der Waals surface area contributed by atoms with Crippen LogP contribution < -0.4 is 0 Å². The predicted octanol–water partition coefficient (Wildman–Crippen LogP) is 0.321. The van der Waals surface area contributed by atoms with Gasteiger partial charge in [-0.15, -0.1) is 6.58 Å². The van der Waals surface area contributed by atoms with E-state index in [0.717, 1.165) is 0 Å². The van der Waals surface area contributed by atoms with Gasteiger partial charge in [-0.25, -0.2) is 0 Å².